The van der Waals surface area contributed by atoms with Crippen molar-refractivity contribution < 1.29 is 19.0 Å². The average Bonchev–Trinajstić information content (AvgIpc) is 3.09. The van der Waals surface area contributed by atoms with E-state index in [0.717, 1.165) is 0 Å². The Morgan fingerprint density at radius 2 is 2.16 bits per heavy atom. The van der Waals surface area contributed by atoms with Crippen LogP contribution in [0.1, 0.15) is 30.8 Å². The maximum absolute atomic E-state index is 14.4. The Hall–Kier alpha value is -2.74. The van der Waals surface area contributed by atoms with Gasteiger partial charge in [0.25, 0.3) is 0 Å². The van der Waals surface area contributed by atoms with Crippen molar-refractivity contribution in [3.63, 3.8) is 0 Å². The number of aromatic nitrogens is 2. The number of ether oxygens (including phenoxy) is 1. The molecule has 4 rings (SSSR count). The van der Waals surface area contributed by atoms with Gasteiger partial charge in [0.05, 0.1) is 23.3 Å². The lowest BCUT2D eigenvalue weighted by molar-refractivity contribution is -0.121. The molecule has 0 fully saturated rings. The van der Waals surface area contributed by atoms with Gasteiger partial charge < -0.3 is 15.6 Å². The summed E-state index contributed by atoms with van der Waals surface area (Å²) in [4.78, 5) is 22.7. The van der Waals surface area contributed by atoms with Gasteiger partial charge in [0.15, 0.2) is 17.4 Å². The van der Waals surface area contributed by atoms with Crippen LogP contribution in [0.5, 0.6) is 5.75 Å². The summed E-state index contributed by atoms with van der Waals surface area (Å²) in [5.41, 5.74) is 6.60. The zero-order chi connectivity index (χ0) is 17.9. The number of nitrogen functional groups attached to an aromatic ring is 1. The van der Waals surface area contributed by atoms with E-state index >= 15 is 0 Å². The fourth-order valence-corrected chi connectivity index (χ4v) is 3.44. The Balaban J connectivity index is 1.94. The summed E-state index contributed by atoms with van der Waals surface area (Å²) < 4.78 is 19.6. The molecule has 0 atom stereocenters. The standard InChI is InChI=1S/C17H17FN4O3/c1-17(2)12-14(19)20-11(7-23)21-15(12)22(16(17)24)9-5-8-3-4-25-13(8)10(18)6-9/h5-6,23H,3-4,7H2,1-2H3,(H2,19,20,21). The number of aliphatic hydroxyl groups excluding tert-OH is 1. The summed E-state index contributed by atoms with van der Waals surface area (Å²) >= 11 is 0. The Labute approximate surface area is 143 Å². The summed E-state index contributed by atoms with van der Waals surface area (Å²) in [6.07, 6.45) is 0.576. The third-order valence-corrected chi connectivity index (χ3v) is 4.66. The van der Waals surface area contributed by atoms with Crippen LogP contribution in [0, 0.1) is 5.82 Å². The van der Waals surface area contributed by atoms with Gasteiger partial charge in [-0.1, -0.05) is 0 Å². The third-order valence-electron chi connectivity index (χ3n) is 4.66. The van der Waals surface area contributed by atoms with Crippen LogP contribution < -0.4 is 15.4 Å². The molecule has 7 nitrogen and oxygen atoms in total. The molecule has 1 aromatic heterocycles. The van der Waals surface area contributed by atoms with Gasteiger partial charge in [-0.05, 0) is 19.9 Å². The van der Waals surface area contributed by atoms with E-state index in [1.54, 1.807) is 19.9 Å². The van der Waals surface area contributed by atoms with Crippen molar-refractivity contribution in [2.45, 2.75) is 32.3 Å². The second kappa shape index (κ2) is 5.13. The van der Waals surface area contributed by atoms with Gasteiger partial charge in [0, 0.05) is 18.1 Å². The molecule has 0 unspecified atom stereocenters. The van der Waals surface area contributed by atoms with Crippen LogP contribution in [0.15, 0.2) is 12.1 Å². The minimum absolute atomic E-state index is 0.108. The number of carbonyl (C=O) groups is 1. The molecule has 8 heteroatoms. The lowest BCUT2D eigenvalue weighted by Crippen LogP contribution is -2.33. The Morgan fingerprint density at radius 1 is 1.40 bits per heavy atom. The number of halogens is 1. The second-order valence-corrected chi connectivity index (χ2v) is 6.66. The highest BCUT2D eigenvalue weighted by Gasteiger charge is 2.48. The van der Waals surface area contributed by atoms with E-state index in [4.69, 9.17) is 10.5 Å². The first-order valence-electron chi connectivity index (χ1n) is 7.92. The molecule has 2 aromatic rings. The van der Waals surface area contributed by atoms with Crippen molar-refractivity contribution in [2.24, 2.45) is 0 Å². The van der Waals surface area contributed by atoms with Crippen LogP contribution in [0.25, 0.3) is 0 Å². The Bertz CT molecular complexity index is 913. The minimum atomic E-state index is -0.959. The van der Waals surface area contributed by atoms with E-state index in [1.807, 2.05) is 0 Å². The van der Waals surface area contributed by atoms with Crippen LogP contribution in [0.3, 0.4) is 0 Å². The van der Waals surface area contributed by atoms with Crippen molar-refractivity contribution in [3.8, 4) is 5.75 Å². The first-order valence-corrected chi connectivity index (χ1v) is 7.92. The zero-order valence-electron chi connectivity index (χ0n) is 13.8. The number of hydrogen-bond acceptors (Lipinski definition) is 6. The van der Waals surface area contributed by atoms with Gasteiger partial charge >= 0.3 is 0 Å². The van der Waals surface area contributed by atoms with Crippen LogP contribution in [0.2, 0.25) is 0 Å². The van der Waals surface area contributed by atoms with E-state index in [9.17, 15) is 14.3 Å². The van der Waals surface area contributed by atoms with Crippen LogP contribution >= 0.6 is 0 Å². The van der Waals surface area contributed by atoms with E-state index in [2.05, 4.69) is 9.97 Å². The fourth-order valence-electron chi connectivity index (χ4n) is 3.44. The first kappa shape index (κ1) is 15.8. The number of aliphatic hydroxyl groups is 1. The molecule has 0 saturated carbocycles. The number of amides is 1. The number of benzene rings is 1. The molecule has 2 aliphatic heterocycles. The van der Waals surface area contributed by atoms with Crippen molar-refractivity contribution in [2.75, 3.05) is 17.2 Å². The molecule has 0 radical (unpaired) electrons. The molecule has 0 saturated heterocycles. The topological polar surface area (TPSA) is 102 Å². The molecule has 130 valence electrons. The summed E-state index contributed by atoms with van der Waals surface area (Å²) in [6.45, 7) is 3.44. The molecule has 25 heavy (non-hydrogen) atoms. The van der Waals surface area contributed by atoms with Crippen molar-refractivity contribution in [1.82, 2.24) is 9.97 Å². The summed E-state index contributed by atoms with van der Waals surface area (Å²) in [5, 5.41) is 9.36. The molecule has 3 N–H and O–H groups in total. The van der Waals surface area contributed by atoms with E-state index in [1.165, 1.54) is 11.0 Å². The first-order chi connectivity index (χ1) is 11.8. The van der Waals surface area contributed by atoms with Gasteiger partial charge in [-0.25, -0.2) is 14.4 Å². The number of nitrogens with zero attached hydrogens (tertiary/aromatic N) is 3. The predicted molar refractivity (Wildman–Crippen MR) is 88.1 cm³/mol. The van der Waals surface area contributed by atoms with Gasteiger partial charge in [0.1, 0.15) is 18.2 Å². The highest BCUT2D eigenvalue weighted by Crippen LogP contribution is 2.47. The third kappa shape index (κ3) is 2.10. The number of nitrogens with two attached hydrogens (primary N) is 1. The Kier molecular flexibility index (Phi) is 3.23. The van der Waals surface area contributed by atoms with E-state index in [-0.39, 0.29) is 29.1 Å². The minimum Gasteiger partial charge on any atom is -0.490 e. The number of hydrogen-bond donors (Lipinski definition) is 2. The number of anilines is 3. The number of fused-ring (bicyclic) bond motifs is 2. The van der Waals surface area contributed by atoms with E-state index in [0.29, 0.717) is 29.8 Å². The summed E-state index contributed by atoms with van der Waals surface area (Å²) in [7, 11) is 0. The fraction of sp³-hybridized carbons (Fsp3) is 0.353. The van der Waals surface area contributed by atoms with Crippen molar-refractivity contribution in [1.29, 1.82) is 0 Å². The maximum atomic E-state index is 14.4. The lowest BCUT2D eigenvalue weighted by atomic mass is 9.87. The lowest BCUT2D eigenvalue weighted by Gasteiger charge is -2.20. The van der Waals surface area contributed by atoms with Crippen LogP contribution in [-0.2, 0) is 23.2 Å². The van der Waals surface area contributed by atoms with Crippen molar-refractivity contribution in [3.05, 3.63) is 34.9 Å². The molecule has 3 heterocycles. The molecule has 0 bridgehead atoms. The molecule has 0 aliphatic carbocycles. The van der Waals surface area contributed by atoms with Gasteiger partial charge in [-0.3, -0.25) is 9.69 Å². The normalized spacial score (nSPS) is 17.4. The predicted octanol–water partition coefficient (Wildman–Crippen LogP) is 1.58. The van der Waals surface area contributed by atoms with Crippen LogP contribution in [0.4, 0.5) is 21.7 Å². The van der Waals surface area contributed by atoms with Crippen molar-refractivity contribution >= 4 is 23.2 Å². The van der Waals surface area contributed by atoms with Gasteiger partial charge in [0.2, 0.25) is 5.91 Å². The molecule has 1 amide bonds. The Morgan fingerprint density at radius 3 is 2.88 bits per heavy atom. The quantitative estimate of drug-likeness (QED) is 0.858. The van der Waals surface area contributed by atoms with Gasteiger partial charge in [-0.15, -0.1) is 0 Å². The second-order valence-electron chi connectivity index (χ2n) is 6.66. The largest absolute Gasteiger partial charge is 0.490 e. The summed E-state index contributed by atoms with van der Waals surface area (Å²) in [6, 6.07) is 2.98. The summed E-state index contributed by atoms with van der Waals surface area (Å²) in [5.74, 6) is -0.0418. The highest BCUT2D eigenvalue weighted by atomic mass is 19.1. The average molecular weight is 344 g/mol. The number of carbonyl (C=O) groups excluding carboxylic acids is 1. The molecule has 2 aliphatic rings. The maximum Gasteiger partial charge on any atom is 0.243 e. The molecular formula is C17H17FN4O3. The number of rotatable bonds is 2. The zero-order valence-corrected chi connectivity index (χ0v) is 13.8. The molecule has 0 spiro atoms. The highest BCUT2D eigenvalue weighted by molar-refractivity contribution is 6.12. The SMILES string of the molecule is CC1(C)C(=O)N(c2cc(F)c3c(c2)CCO3)c2nc(CO)nc(N)c21. The molecule has 1 aromatic carbocycles. The monoisotopic (exact) mass is 344 g/mol. The molecular weight excluding hydrogens is 327 g/mol. The van der Waals surface area contributed by atoms with Gasteiger partial charge in [-0.2, -0.15) is 0 Å². The van der Waals surface area contributed by atoms with Crippen LogP contribution in [-0.4, -0.2) is 27.6 Å². The smallest absolute Gasteiger partial charge is 0.243 e. The van der Waals surface area contributed by atoms with E-state index < -0.39 is 17.8 Å².